The van der Waals surface area contributed by atoms with Crippen molar-refractivity contribution in [2.24, 2.45) is 0 Å². The number of esters is 5. The molecule has 1 aliphatic rings. The highest BCUT2D eigenvalue weighted by atomic mass is 16.6. The Hall–Kier alpha value is -5.20. The molecule has 394 valence electrons. The van der Waals surface area contributed by atoms with Crippen LogP contribution in [0.1, 0.15) is 142 Å². The number of ether oxygens (including phenoxy) is 5. The standard InChI is InChI=1S/C52H83N5O13/c1-36(55(32-44(62)67-49(5,6)7)33-45(63)68-50(8,9)10)29-54(31-43(61)66-48(2,3)4)30-39(56(34-46(64)69-51(11,12)13)35-47(65)70-52(14,15)16)28-37-21-23-38(24-22-37)53-40(58)20-18-17-19-27-57-41(59)25-26-42(57)60/h21-26,36,39H,17-20,27-35H2,1-16H3,(H,53,58). The van der Waals surface area contributed by atoms with Crippen LogP contribution in [0.4, 0.5) is 5.69 Å². The Balaban J connectivity index is 2.57. The molecule has 1 aromatic carbocycles. The Bertz CT molecular complexity index is 1900. The molecule has 0 bridgehead atoms. The summed E-state index contributed by atoms with van der Waals surface area (Å²) in [5.74, 6) is -3.75. The van der Waals surface area contributed by atoms with Crippen LogP contribution in [0.15, 0.2) is 36.4 Å². The molecular weight excluding hydrogens is 903 g/mol. The third kappa shape index (κ3) is 26.7. The largest absolute Gasteiger partial charge is 0.459 e. The minimum Gasteiger partial charge on any atom is -0.459 e. The van der Waals surface area contributed by atoms with Gasteiger partial charge in [-0.15, -0.1) is 0 Å². The molecule has 1 aliphatic heterocycles. The van der Waals surface area contributed by atoms with Crippen LogP contribution in [0.2, 0.25) is 0 Å². The second-order valence-corrected chi connectivity index (χ2v) is 22.9. The minimum atomic E-state index is -0.847. The van der Waals surface area contributed by atoms with Crippen molar-refractivity contribution in [3.05, 3.63) is 42.0 Å². The van der Waals surface area contributed by atoms with Gasteiger partial charge in [-0.1, -0.05) is 18.6 Å². The lowest BCUT2D eigenvalue weighted by Crippen LogP contribution is -2.54. The first kappa shape index (κ1) is 60.9. The fourth-order valence-corrected chi connectivity index (χ4v) is 7.30. The molecule has 3 amide bonds. The second-order valence-electron chi connectivity index (χ2n) is 22.9. The summed E-state index contributed by atoms with van der Waals surface area (Å²) in [5, 5.41) is 2.91. The lowest BCUT2D eigenvalue weighted by Gasteiger charge is -2.38. The monoisotopic (exact) mass is 986 g/mol. The lowest BCUT2D eigenvalue weighted by atomic mass is 10.0. The zero-order valence-corrected chi connectivity index (χ0v) is 44.9. The molecule has 0 radical (unpaired) electrons. The van der Waals surface area contributed by atoms with E-state index in [0.717, 1.165) is 5.56 Å². The molecule has 0 saturated heterocycles. The van der Waals surface area contributed by atoms with Crippen molar-refractivity contribution in [3.8, 4) is 0 Å². The summed E-state index contributed by atoms with van der Waals surface area (Å²) < 4.78 is 28.6. The number of carbonyl (C=O) groups is 8. The summed E-state index contributed by atoms with van der Waals surface area (Å²) in [5.41, 5.74) is -2.82. The molecule has 18 heteroatoms. The Morgan fingerprint density at radius 2 is 0.914 bits per heavy atom. The normalized spacial score (nSPS) is 14.5. The van der Waals surface area contributed by atoms with E-state index in [1.807, 2.05) is 24.0 Å². The maximum Gasteiger partial charge on any atom is 0.320 e. The van der Waals surface area contributed by atoms with Gasteiger partial charge in [-0.2, -0.15) is 0 Å². The number of amides is 3. The molecule has 18 nitrogen and oxygen atoms in total. The van der Waals surface area contributed by atoms with Gasteiger partial charge in [0, 0.05) is 56.0 Å². The van der Waals surface area contributed by atoms with Gasteiger partial charge >= 0.3 is 29.8 Å². The number of hydrogen-bond acceptors (Lipinski definition) is 16. The van der Waals surface area contributed by atoms with Crippen LogP contribution in [0, 0.1) is 0 Å². The van der Waals surface area contributed by atoms with E-state index in [2.05, 4.69) is 5.32 Å². The molecule has 0 saturated carbocycles. The third-order valence-corrected chi connectivity index (χ3v) is 9.81. The van der Waals surface area contributed by atoms with E-state index in [4.69, 9.17) is 23.7 Å². The quantitative estimate of drug-likeness (QED) is 0.0514. The number of rotatable bonds is 25. The van der Waals surface area contributed by atoms with E-state index in [0.29, 0.717) is 31.5 Å². The Morgan fingerprint density at radius 3 is 1.31 bits per heavy atom. The van der Waals surface area contributed by atoms with Crippen LogP contribution < -0.4 is 5.32 Å². The van der Waals surface area contributed by atoms with Crippen molar-refractivity contribution in [1.82, 2.24) is 19.6 Å². The fourth-order valence-electron chi connectivity index (χ4n) is 7.30. The number of benzene rings is 1. The van der Waals surface area contributed by atoms with Crippen LogP contribution in [0.3, 0.4) is 0 Å². The smallest absolute Gasteiger partial charge is 0.320 e. The van der Waals surface area contributed by atoms with Gasteiger partial charge in [-0.3, -0.25) is 58.0 Å². The SMILES string of the molecule is CC(CN(CC(=O)OC(C)(C)C)CC(Cc1ccc(NC(=O)CCCCCN2C(=O)C=CC2=O)cc1)N(CC(=O)OC(C)(C)C)CC(=O)OC(C)(C)C)N(CC(=O)OC(C)(C)C)CC(=O)OC(C)(C)C. The van der Waals surface area contributed by atoms with Crippen molar-refractivity contribution in [3.63, 3.8) is 0 Å². The average Bonchev–Trinajstić information content (AvgIpc) is 3.46. The highest BCUT2D eigenvalue weighted by molar-refractivity contribution is 6.12. The molecule has 2 unspecified atom stereocenters. The molecule has 70 heavy (non-hydrogen) atoms. The number of anilines is 1. The Kier molecular flexibility index (Phi) is 22.9. The lowest BCUT2D eigenvalue weighted by molar-refractivity contribution is -0.163. The van der Waals surface area contributed by atoms with Crippen LogP contribution >= 0.6 is 0 Å². The number of unbranched alkanes of at least 4 members (excludes halogenated alkanes) is 2. The van der Waals surface area contributed by atoms with Gasteiger partial charge in [-0.25, -0.2) is 0 Å². The Labute approximate surface area is 416 Å². The first-order chi connectivity index (χ1) is 32.0. The average molecular weight is 986 g/mol. The van der Waals surface area contributed by atoms with Crippen LogP contribution in [0.5, 0.6) is 0 Å². The summed E-state index contributed by atoms with van der Waals surface area (Å²) in [6.07, 6.45) is 4.73. The van der Waals surface area contributed by atoms with Gasteiger partial charge in [-0.05, 0) is 148 Å². The molecule has 0 aromatic heterocycles. The maximum atomic E-state index is 13.7. The molecule has 2 atom stereocenters. The van der Waals surface area contributed by atoms with E-state index < -0.39 is 69.9 Å². The van der Waals surface area contributed by atoms with Crippen molar-refractivity contribution in [1.29, 1.82) is 0 Å². The molecule has 2 rings (SSSR count). The molecule has 0 aliphatic carbocycles. The van der Waals surface area contributed by atoms with Gasteiger partial charge in [0.05, 0.1) is 32.7 Å². The van der Waals surface area contributed by atoms with Gasteiger partial charge in [0.1, 0.15) is 28.0 Å². The first-order valence-corrected chi connectivity index (χ1v) is 24.2. The summed E-state index contributed by atoms with van der Waals surface area (Å²) in [6, 6.07) is 5.89. The van der Waals surface area contributed by atoms with Crippen LogP contribution in [-0.4, -0.2) is 160 Å². The van der Waals surface area contributed by atoms with Crippen molar-refractivity contribution < 1.29 is 62.0 Å². The van der Waals surface area contributed by atoms with Crippen LogP contribution in [0.25, 0.3) is 0 Å². The van der Waals surface area contributed by atoms with Crippen molar-refractivity contribution >= 4 is 53.3 Å². The van der Waals surface area contributed by atoms with E-state index in [1.165, 1.54) is 17.1 Å². The highest BCUT2D eigenvalue weighted by Crippen LogP contribution is 2.20. The number of hydrogen-bond donors (Lipinski definition) is 1. The fraction of sp³-hybridized carbons (Fsp3) is 0.692. The number of nitrogens with zero attached hydrogens (tertiary/aromatic N) is 4. The predicted octanol–water partition coefficient (Wildman–Crippen LogP) is 6.02. The Morgan fingerprint density at radius 1 is 0.529 bits per heavy atom. The molecule has 1 N–H and O–H groups in total. The zero-order chi connectivity index (χ0) is 53.4. The second kappa shape index (κ2) is 26.3. The van der Waals surface area contributed by atoms with Crippen molar-refractivity contribution in [2.45, 2.75) is 183 Å². The van der Waals surface area contributed by atoms with Gasteiger partial charge in [0.15, 0.2) is 0 Å². The highest BCUT2D eigenvalue weighted by Gasteiger charge is 2.34. The molecule has 0 spiro atoms. The number of imide groups is 1. The summed E-state index contributed by atoms with van der Waals surface area (Å²) in [7, 11) is 0. The van der Waals surface area contributed by atoms with Gasteiger partial charge in [0.25, 0.3) is 11.8 Å². The van der Waals surface area contributed by atoms with E-state index in [1.54, 1.807) is 126 Å². The topological polar surface area (TPSA) is 208 Å². The first-order valence-electron chi connectivity index (χ1n) is 24.2. The minimum absolute atomic E-state index is 0.0664. The van der Waals surface area contributed by atoms with Crippen molar-refractivity contribution in [2.75, 3.05) is 57.7 Å². The van der Waals surface area contributed by atoms with Crippen LogP contribution in [-0.2, 0) is 68.5 Å². The maximum absolute atomic E-state index is 13.7. The summed E-state index contributed by atoms with van der Waals surface area (Å²) in [6.45, 7) is 27.0. The summed E-state index contributed by atoms with van der Waals surface area (Å²) >= 11 is 0. The number of carbonyl (C=O) groups excluding carboxylic acids is 8. The van der Waals surface area contributed by atoms with Gasteiger partial charge < -0.3 is 29.0 Å². The third-order valence-electron chi connectivity index (χ3n) is 9.81. The molecule has 0 fully saturated rings. The zero-order valence-electron chi connectivity index (χ0n) is 44.9. The van der Waals surface area contributed by atoms with E-state index in [9.17, 15) is 38.4 Å². The molecule has 1 heterocycles. The predicted molar refractivity (Wildman–Crippen MR) is 265 cm³/mol. The summed E-state index contributed by atoms with van der Waals surface area (Å²) in [4.78, 5) is 111. The molecular formula is C52H83N5O13. The van der Waals surface area contributed by atoms with Gasteiger partial charge in [0.2, 0.25) is 5.91 Å². The molecule has 1 aromatic rings. The van der Waals surface area contributed by atoms with E-state index in [-0.39, 0.29) is 76.4 Å². The number of nitrogens with one attached hydrogen (secondary N) is 1. The van der Waals surface area contributed by atoms with E-state index >= 15 is 0 Å².